The van der Waals surface area contributed by atoms with Crippen LogP contribution in [0.1, 0.15) is 10.4 Å². The number of fused-ring (bicyclic) bond motifs is 4. The fourth-order valence-corrected chi connectivity index (χ4v) is 4.88. The second-order valence-electron chi connectivity index (χ2n) is 8.96. The highest BCUT2D eigenvalue weighted by Gasteiger charge is 2.21. The van der Waals surface area contributed by atoms with Crippen LogP contribution in [-0.4, -0.2) is 40.1 Å². The molecule has 188 valence electrons. The number of nitrogens with one attached hydrogen (secondary N) is 2. The van der Waals surface area contributed by atoms with Crippen molar-refractivity contribution in [3.8, 4) is 11.4 Å². The van der Waals surface area contributed by atoms with Gasteiger partial charge in [0.05, 0.1) is 34.2 Å². The van der Waals surface area contributed by atoms with E-state index in [2.05, 4.69) is 10.3 Å². The van der Waals surface area contributed by atoms with Gasteiger partial charge in [-0.15, -0.1) is 0 Å². The molecule has 2 aromatic heterocycles. The third-order valence-corrected chi connectivity index (χ3v) is 6.65. The third kappa shape index (κ3) is 3.81. The van der Waals surface area contributed by atoms with Crippen LogP contribution in [0.25, 0.3) is 44.2 Å². The van der Waals surface area contributed by atoms with Crippen LogP contribution in [0, 0.1) is 5.82 Å². The van der Waals surface area contributed by atoms with Crippen molar-refractivity contribution < 1.29 is 14.0 Å². The Hall–Kier alpha value is -5.18. The molecule has 2 amide bonds. The van der Waals surface area contributed by atoms with Crippen LogP contribution in [-0.2, 0) is 4.79 Å². The van der Waals surface area contributed by atoms with Gasteiger partial charge in [-0.2, -0.15) is 0 Å². The number of nitrogens with zero attached hydrogens (tertiary/aromatic N) is 3. The number of hydrogen-bond acceptors (Lipinski definition) is 4. The summed E-state index contributed by atoms with van der Waals surface area (Å²) in [5.41, 5.74) is 10.0. The molecule has 9 heteroatoms. The second-order valence-corrected chi connectivity index (χ2v) is 8.96. The largest absolute Gasteiger partial charge is 0.375 e. The van der Waals surface area contributed by atoms with E-state index in [0.717, 1.165) is 27.4 Å². The zero-order chi connectivity index (χ0) is 26.4. The Morgan fingerprint density at radius 3 is 2.61 bits per heavy atom. The second kappa shape index (κ2) is 9.04. The number of halogens is 1. The molecule has 0 bridgehead atoms. The number of likely N-dealkylation sites (N-methyl/N-ethyl adjacent to an activating group) is 1. The molecule has 0 spiro atoms. The van der Waals surface area contributed by atoms with E-state index in [-0.39, 0.29) is 18.3 Å². The smallest absolute Gasteiger partial charge is 0.260 e. The summed E-state index contributed by atoms with van der Waals surface area (Å²) in [6.45, 7) is -0.0520. The summed E-state index contributed by atoms with van der Waals surface area (Å²) in [6, 6.07) is 24.9. The van der Waals surface area contributed by atoms with Gasteiger partial charge in [0.15, 0.2) is 0 Å². The van der Waals surface area contributed by atoms with Crippen LogP contribution in [0.4, 0.5) is 10.1 Å². The van der Waals surface area contributed by atoms with Crippen molar-refractivity contribution >= 4 is 50.3 Å². The monoisotopic (exact) mass is 506 g/mol. The normalized spacial score (nSPS) is 11.3. The first-order chi connectivity index (χ1) is 18.4. The number of carbonyl (C=O) groups is 2. The maximum Gasteiger partial charge on any atom is 0.260 e. The Morgan fingerprint density at radius 1 is 1.00 bits per heavy atom. The first kappa shape index (κ1) is 23.2. The van der Waals surface area contributed by atoms with Gasteiger partial charge in [-0.3, -0.25) is 19.3 Å². The van der Waals surface area contributed by atoms with E-state index in [1.54, 1.807) is 42.4 Å². The topological polar surface area (TPSA) is 109 Å². The van der Waals surface area contributed by atoms with Gasteiger partial charge in [0.1, 0.15) is 11.6 Å². The lowest BCUT2D eigenvalue weighted by atomic mass is 10.1. The molecule has 6 aromatic rings. The van der Waals surface area contributed by atoms with Crippen LogP contribution >= 0.6 is 0 Å². The number of hydrogen-bond donors (Lipinski definition) is 3. The van der Waals surface area contributed by atoms with E-state index in [9.17, 15) is 14.0 Å². The fourth-order valence-electron chi connectivity index (χ4n) is 4.88. The summed E-state index contributed by atoms with van der Waals surface area (Å²) >= 11 is 0. The van der Waals surface area contributed by atoms with Crippen molar-refractivity contribution in [2.24, 2.45) is 5.73 Å². The van der Waals surface area contributed by atoms with Crippen LogP contribution in [0.3, 0.4) is 0 Å². The first-order valence-corrected chi connectivity index (χ1v) is 12.0. The lowest BCUT2D eigenvalue weighted by Gasteiger charge is -2.22. The van der Waals surface area contributed by atoms with Gasteiger partial charge in [0.25, 0.3) is 11.8 Å². The van der Waals surface area contributed by atoms with Gasteiger partial charge >= 0.3 is 0 Å². The van der Waals surface area contributed by atoms with Gasteiger partial charge in [0.2, 0.25) is 0 Å². The van der Waals surface area contributed by atoms with E-state index in [0.29, 0.717) is 28.1 Å². The average molecular weight is 507 g/mol. The molecular formula is C29H23FN6O2. The van der Waals surface area contributed by atoms with Crippen molar-refractivity contribution in [2.75, 3.05) is 23.9 Å². The van der Waals surface area contributed by atoms with Gasteiger partial charge in [-0.1, -0.05) is 42.5 Å². The molecule has 0 aliphatic heterocycles. The molecule has 38 heavy (non-hydrogen) atoms. The van der Waals surface area contributed by atoms with Gasteiger partial charge in [0, 0.05) is 29.1 Å². The standard InChI is InChI=1S/C29H23FN6O2/c1-35(26(37)16-32-21-10-4-2-7-18(21)28(31)38)36-24-11-5-3-8-19(24)27-20(9-6-12-25(27)36)29-33-22-14-13-17(30)15-23(22)34-29/h2-15,32H,16H2,1H3,(H2,31,38)(H,33,34). The number of imidazole rings is 1. The molecule has 0 unspecified atom stereocenters. The van der Waals surface area contributed by atoms with E-state index < -0.39 is 5.91 Å². The maximum atomic E-state index is 13.8. The molecule has 8 nitrogen and oxygen atoms in total. The Morgan fingerprint density at radius 2 is 1.76 bits per heavy atom. The minimum Gasteiger partial charge on any atom is -0.375 e. The van der Waals surface area contributed by atoms with E-state index >= 15 is 0 Å². The molecule has 2 heterocycles. The molecule has 4 aromatic carbocycles. The minimum atomic E-state index is -0.572. The number of rotatable bonds is 6. The Kier molecular flexibility index (Phi) is 5.53. The lowest BCUT2D eigenvalue weighted by molar-refractivity contribution is -0.118. The van der Waals surface area contributed by atoms with Crippen LogP contribution in [0.15, 0.2) is 84.9 Å². The molecule has 6 rings (SSSR count). The number of anilines is 1. The number of primary amides is 1. The summed E-state index contributed by atoms with van der Waals surface area (Å²) in [5.74, 6) is -0.527. The Balaban J connectivity index is 1.43. The summed E-state index contributed by atoms with van der Waals surface area (Å²) in [4.78, 5) is 33.0. The fraction of sp³-hybridized carbons (Fsp3) is 0.0690. The Labute approximate surface area is 216 Å². The molecular weight excluding hydrogens is 483 g/mol. The number of aromatic amines is 1. The van der Waals surface area contributed by atoms with Crippen LogP contribution in [0.5, 0.6) is 0 Å². The Bertz CT molecular complexity index is 1870. The zero-order valence-electron chi connectivity index (χ0n) is 20.4. The third-order valence-electron chi connectivity index (χ3n) is 6.65. The average Bonchev–Trinajstić information content (AvgIpc) is 3.50. The minimum absolute atomic E-state index is 0.0520. The lowest BCUT2D eigenvalue weighted by Crippen LogP contribution is -2.40. The highest BCUT2D eigenvalue weighted by atomic mass is 19.1. The van der Waals surface area contributed by atoms with Crippen LogP contribution < -0.4 is 16.1 Å². The molecule has 0 fully saturated rings. The SMILES string of the molecule is CN(C(=O)CNc1ccccc1C(N)=O)n1c2ccccc2c2c(-c3nc4ccc(F)cc4[nH]3)cccc21. The number of benzene rings is 4. The predicted molar refractivity (Wildman–Crippen MR) is 147 cm³/mol. The molecule has 0 aliphatic rings. The van der Waals surface area contributed by atoms with Crippen molar-refractivity contribution in [3.05, 3.63) is 96.3 Å². The predicted octanol–water partition coefficient (Wildman–Crippen LogP) is 4.78. The van der Waals surface area contributed by atoms with E-state index in [4.69, 9.17) is 10.7 Å². The molecule has 0 saturated carbocycles. The number of aromatic nitrogens is 3. The number of nitrogens with two attached hydrogens (primary N) is 1. The van der Waals surface area contributed by atoms with Crippen LogP contribution in [0.2, 0.25) is 0 Å². The van der Waals surface area contributed by atoms with Crippen molar-refractivity contribution in [1.29, 1.82) is 0 Å². The van der Waals surface area contributed by atoms with Gasteiger partial charge in [-0.05, 0) is 42.5 Å². The quantitative estimate of drug-likeness (QED) is 0.302. The highest BCUT2D eigenvalue weighted by molar-refractivity contribution is 6.15. The molecule has 0 aliphatic carbocycles. The number of para-hydroxylation sites is 2. The molecule has 0 atom stereocenters. The zero-order valence-corrected chi connectivity index (χ0v) is 20.4. The first-order valence-electron chi connectivity index (χ1n) is 12.0. The highest BCUT2D eigenvalue weighted by Crippen LogP contribution is 2.36. The van der Waals surface area contributed by atoms with Crippen molar-refractivity contribution in [3.63, 3.8) is 0 Å². The molecule has 0 saturated heterocycles. The summed E-state index contributed by atoms with van der Waals surface area (Å²) in [6.07, 6.45) is 0. The van der Waals surface area contributed by atoms with Gasteiger partial charge in [-0.25, -0.2) is 9.37 Å². The maximum absolute atomic E-state index is 13.8. The molecule has 0 radical (unpaired) electrons. The molecule has 4 N–H and O–H groups in total. The number of carbonyl (C=O) groups excluding carboxylic acids is 2. The summed E-state index contributed by atoms with van der Waals surface area (Å²) in [5, 5.41) is 6.44. The van der Waals surface area contributed by atoms with E-state index in [1.807, 2.05) is 47.1 Å². The van der Waals surface area contributed by atoms with Crippen molar-refractivity contribution in [2.45, 2.75) is 0 Å². The summed E-state index contributed by atoms with van der Waals surface area (Å²) in [7, 11) is 1.70. The van der Waals surface area contributed by atoms with E-state index in [1.165, 1.54) is 12.1 Å². The summed E-state index contributed by atoms with van der Waals surface area (Å²) < 4.78 is 15.7. The number of amides is 2. The van der Waals surface area contributed by atoms with Gasteiger partial charge < -0.3 is 16.0 Å². The number of H-pyrrole nitrogens is 1. The van der Waals surface area contributed by atoms with Crippen molar-refractivity contribution in [1.82, 2.24) is 14.6 Å².